The van der Waals surface area contributed by atoms with E-state index in [1.54, 1.807) is 13.1 Å². The number of carbonyl (C=O) groups is 1. The van der Waals surface area contributed by atoms with Crippen molar-refractivity contribution in [3.05, 3.63) is 83.4 Å². The Kier molecular flexibility index (Phi) is 6.08. The zero-order chi connectivity index (χ0) is 26.4. The molecule has 7 nitrogen and oxygen atoms in total. The summed E-state index contributed by atoms with van der Waals surface area (Å²) in [6.07, 6.45) is 5.25. The number of rotatable bonds is 8. The van der Waals surface area contributed by atoms with Crippen LogP contribution in [0.15, 0.2) is 60.9 Å². The number of pyridine rings is 1. The average molecular weight is 517 g/mol. The van der Waals surface area contributed by atoms with E-state index in [1.165, 1.54) is 31.3 Å². The number of anilines is 1. The van der Waals surface area contributed by atoms with Gasteiger partial charge in [0.25, 0.3) is 0 Å². The van der Waals surface area contributed by atoms with E-state index >= 15 is 4.39 Å². The van der Waals surface area contributed by atoms with E-state index in [9.17, 15) is 18.5 Å². The fourth-order valence-corrected chi connectivity index (χ4v) is 5.43. The predicted molar refractivity (Wildman–Crippen MR) is 140 cm³/mol. The van der Waals surface area contributed by atoms with Gasteiger partial charge in [-0.3, -0.25) is 9.52 Å². The second-order valence-electron chi connectivity index (χ2n) is 9.46. The van der Waals surface area contributed by atoms with Gasteiger partial charge in [0.2, 0.25) is 10.0 Å². The van der Waals surface area contributed by atoms with E-state index in [2.05, 4.69) is 20.8 Å². The molecule has 9 heteroatoms. The fourth-order valence-electron chi connectivity index (χ4n) is 4.33. The van der Waals surface area contributed by atoms with E-state index < -0.39 is 26.9 Å². The number of nitrogens with zero attached hydrogens (tertiary/aromatic N) is 2. The summed E-state index contributed by atoms with van der Waals surface area (Å²) in [5.41, 5.74) is 2.45. The van der Waals surface area contributed by atoms with Crippen LogP contribution in [0, 0.1) is 17.1 Å². The van der Waals surface area contributed by atoms with Gasteiger partial charge in [-0.15, -0.1) is 0 Å². The molecule has 1 saturated carbocycles. The van der Waals surface area contributed by atoms with Crippen LogP contribution in [0.3, 0.4) is 0 Å². The fraction of sp³-hybridized carbons (Fsp3) is 0.250. The highest BCUT2D eigenvalue weighted by Crippen LogP contribution is 2.47. The largest absolute Gasteiger partial charge is 0.345 e. The van der Waals surface area contributed by atoms with Gasteiger partial charge in [0.15, 0.2) is 11.6 Å². The predicted octanol–water partition coefficient (Wildman–Crippen LogP) is 5.70. The van der Waals surface area contributed by atoms with Crippen molar-refractivity contribution < 1.29 is 17.6 Å². The second kappa shape index (κ2) is 9.12. The molecule has 2 aromatic heterocycles. The Morgan fingerprint density at radius 3 is 2.57 bits per heavy atom. The van der Waals surface area contributed by atoms with Crippen molar-refractivity contribution in [2.45, 2.75) is 43.8 Å². The highest BCUT2D eigenvalue weighted by molar-refractivity contribution is 7.93. The Bertz CT molecular complexity index is 1670. The number of carbonyl (C=O) groups excluding carboxylic acids is 1. The summed E-state index contributed by atoms with van der Waals surface area (Å²) in [6, 6.07) is 16.0. The molecule has 4 aromatic rings. The first kappa shape index (κ1) is 24.7. The Morgan fingerprint density at radius 1 is 1.19 bits per heavy atom. The minimum absolute atomic E-state index is 0.225. The molecular weight excluding hydrogens is 491 g/mol. The summed E-state index contributed by atoms with van der Waals surface area (Å²) in [7, 11) is -3.80. The molecule has 37 heavy (non-hydrogen) atoms. The normalized spacial score (nSPS) is 15.2. The van der Waals surface area contributed by atoms with Crippen molar-refractivity contribution in [1.82, 2.24) is 9.97 Å². The Hall–Kier alpha value is -4.03. The molecule has 0 bridgehead atoms. The molecule has 5 rings (SSSR count). The Labute approximate surface area is 214 Å². The average Bonchev–Trinajstić information content (AvgIpc) is 3.60. The van der Waals surface area contributed by atoms with E-state index in [0.29, 0.717) is 17.5 Å². The molecule has 1 aliphatic carbocycles. The van der Waals surface area contributed by atoms with E-state index in [0.717, 1.165) is 29.5 Å². The minimum atomic E-state index is -3.80. The topological polar surface area (TPSA) is 116 Å². The number of H-pyrrole nitrogens is 1. The molecular formula is C28H25FN4O3S. The number of benzene rings is 2. The van der Waals surface area contributed by atoms with E-state index in [-0.39, 0.29) is 22.2 Å². The summed E-state index contributed by atoms with van der Waals surface area (Å²) in [4.78, 5) is 20.8. The van der Waals surface area contributed by atoms with Crippen LogP contribution in [0.25, 0.3) is 22.2 Å². The number of nitrogens with one attached hydrogen (secondary N) is 2. The number of aromatic nitrogens is 2. The molecule has 1 atom stereocenters. The number of sulfonamides is 1. The minimum Gasteiger partial charge on any atom is -0.345 e. The highest BCUT2D eigenvalue weighted by Gasteiger charge is 2.44. The molecule has 1 unspecified atom stereocenters. The third-order valence-corrected chi connectivity index (χ3v) is 9.01. The van der Waals surface area contributed by atoms with Crippen LogP contribution >= 0.6 is 0 Å². The first-order valence-electron chi connectivity index (χ1n) is 12.0. The maximum absolute atomic E-state index is 15.3. The van der Waals surface area contributed by atoms with Crippen LogP contribution in [0.4, 0.5) is 10.1 Å². The van der Waals surface area contributed by atoms with Gasteiger partial charge < -0.3 is 4.98 Å². The number of hydrogen-bond donors (Lipinski definition) is 2. The van der Waals surface area contributed by atoms with Crippen molar-refractivity contribution in [2.75, 3.05) is 4.72 Å². The first-order valence-corrected chi connectivity index (χ1v) is 13.6. The van der Waals surface area contributed by atoms with Gasteiger partial charge in [-0.25, -0.2) is 17.8 Å². The molecule has 188 valence electrons. The number of hydrogen-bond acceptors (Lipinski definition) is 5. The molecule has 0 radical (unpaired) electrons. The molecule has 0 amide bonds. The van der Waals surface area contributed by atoms with E-state index in [4.69, 9.17) is 0 Å². The molecule has 1 fully saturated rings. The summed E-state index contributed by atoms with van der Waals surface area (Å²) in [5, 5.41) is 9.25. The van der Waals surface area contributed by atoms with Crippen LogP contribution in [0.2, 0.25) is 0 Å². The van der Waals surface area contributed by atoms with Crippen molar-refractivity contribution in [1.29, 1.82) is 5.26 Å². The van der Waals surface area contributed by atoms with Gasteiger partial charge in [0.05, 0.1) is 28.0 Å². The van der Waals surface area contributed by atoms with E-state index in [1.807, 2.05) is 30.3 Å². The maximum Gasteiger partial charge on any atom is 0.235 e. The lowest BCUT2D eigenvalue weighted by Crippen LogP contribution is -2.25. The maximum atomic E-state index is 15.3. The van der Waals surface area contributed by atoms with Crippen molar-refractivity contribution in [2.24, 2.45) is 0 Å². The molecule has 0 spiro atoms. The molecule has 0 saturated heterocycles. The van der Waals surface area contributed by atoms with Gasteiger partial charge in [0.1, 0.15) is 5.65 Å². The van der Waals surface area contributed by atoms with Gasteiger partial charge in [-0.1, -0.05) is 37.3 Å². The van der Waals surface area contributed by atoms with Gasteiger partial charge in [0, 0.05) is 28.9 Å². The number of ketones is 1. The molecule has 1 aliphatic rings. The van der Waals surface area contributed by atoms with Crippen LogP contribution < -0.4 is 4.72 Å². The molecule has 0 aliphatic heterocycles. The Morgan fingerprint density at radius 2 is 1.92 bits per heavy atom. The summed E-state index contributed by atoms with van der Waals surface area (Å²) in [6.45, 7) is 3.26. The third kappa shape index (κ3) is 4.38. The summed E-state index contributed by atoms with van der Waals surface area (Å²) >= 11 is 0. The lowest BCUT2D eigenvalue weighted by atomic mass is 9.95. The zero-order valence-corrected chi connectivity index (χ0v) is 21.2. The molecule has 2 N–H and O–H groups in total. The van der Waals surface area contributed by atoms with Gasteiger partial charge in [-0.05, 0) is 55.5 Å². The quantitative estimate of drug-likeness (QED) is 0.292. The smallest absolute Gasteiger partial charge is 0.235 e. The third-order valence-electron chi connectivity index (χ3n) is 7.11. The monoisotopic (exact) mass is 516 g/mol. The van der Waals surface area contributed by atoms with Crippen molar-refractivity contribution in [3.8, 4) is 17.2 Å². The Balaban J connectivity index is 1.48. The number of nitriles is 1. The van der Waals surface area contributed by atoms with Crippen LogP contribution in [-0.2, 0) is 15.4 Å². The first-order chi connectivity index (χ1) is 17.7. The van der Waals surface area contributed by atoms with Crippen LogP contribution in [0.1, 0.15) is 54.6 Å². The number of halogens is 1. The molecule has 2 heterocycles. The SMILES string of the molecule is CCC(C)S(=O)(=O)Nc1cccc(C(=O)c2c[nH]c3ncc(-c4ccc(C5(C#N)CC5)cc4)cc23)c1F. The van der Waals surface area contributed by atoms with Crippen molar-refractivity contribution >= 4 is 32.5 Å². The van der Waals surface area contributed by atoms with Gasteiger partial charge >= 0.3 is 0 Å². The van der Waals surface area contributed by atoms with Gasteiger partial charge in [-0.2, -0.15) is 5.26 Å². The highest BCUT2D eigenvalue weighted by atomic mass is 32.2. The lowest BCUT2D eigenvalue weighted by Gasteiger charge is -2.14. The zero-order valence-electron chi connectivity index (χ0n) is 20.4. The summed E-state index contributed by atoms with van der Waals surface area (Å²) < 4.78 is 42.5. The number of fused-ring (bicyclic) bond motifs is 1. The summed E-state index contributed by atoms with van der Waals surface area (Å²) in [5.74, 6) is -1.52. The number of aromatic amines is 1. The second-order valence-corrected chi connectivity index (χ2v) is 11.6. The van der Waals surface area contributed by atoms with Crippen LogP contribution in [0.5, 0.6) is 0 Å². The standard InChI is InChI=1S/C28H25FN4O3S/c1-3-17(2)37(35,36)33-24-6-4-5-21(25(24)29)26(34)23-15-32-27-22(23)13-19(14-31-27)18-7-9-20(10-8-18)28(16-30)11-12-28/h4-10,13-15,17,33H,3,11-12H2,1-2H3,(H,31,32). The van der Waals surface area contributed by atoms with Crippen LogP contribution in [-0.4, -0.2) is 29.4 Å². The lowest BCUT2D eigenvalue weighted by molar-refractivity contribution is 0.103. The molecule has 2 aromatic carbocycles. The van der Waals surface area contributed by atoms with Crippen molar-refractivity contribution in [3.63, 3.8) is 0 Å².